The summed E-state index contributed by atoms with van der Waals surface area (Å²) in [5.74, 6) is 0.722. The van der Waals surface area contributed by atoms with Crippen LogP contribution >= 0.6 is 11.3 Å². The lowest BCUT2D eigenvalue weighted by Gasteiger charge is -2.22. The molecule has 2 aromatic heterocycles. The number of rotatable bonds is 4. The molecule has 0 saturated carbocycles. The van der Waals surface area contributed by atoms with Crippen LogP contribution in [0.1, 0.15) is 25.0 Å². The van der Waals surface area contributed by atoms with Crippen LogP contribution in [-0.2, 0) is 5.41 Å². The summed E-state index contributed by atoms with van der Waals surface area (Å²) < 4.78 is 2.56. The number of fused-ring (bicyclic) bond motifs is 8. The van der Waals surface area contributed by atoms with Crippen molar-refractivity contribution in [2.45, 2.75) is 19.3 Å². The van der Waals surface area contributed by atoms with Gasteiger partial charge in [0.15, 0.2) is 5.82 Å². The SMILES string of the molecule is CC1(C)c2cc3ccccc3cc2-c2c(-c3ccc(-c4cc(-c5ccc6c(c5)sc5ccccc56)nc(-c5ccccc5)n4)c4ccccc34)cccc21. The van der Waals surface area contributed by atoms with E-state index in [0.717, 1.165) is 33.9 Å². The molecule has 0 atom stereocenters. The van der Waals surface area contributed by atoms with Gasteiger partial charge in [-0.15, -0.1) is 11.3 Å². The first kappa shape index (κ1) is 31.1. The average Bonchev–Trinajstić information content (AvgIpc) is 3.71. The average molecular weight is 707 g/mol. The van der Waals surface area contributed by atoms with Gasteiger partial charge in [-0.05, 0) is 85.3 Å². The molecule has 8 aromatic carbocycles. The summed E-state index contributed by atoms with van der Waals surface area (Å²) in [5, 5.41) is 7.53. The second-order valence-corrected chi connectivity index (χ2v) is 16.0. The Hall–Kier alpha value is -6.42. The van der Waals surface area contributed by atoms with E-state index in [1.54, 1.807) is 0 Å². The first-order chi connectivity index (χ1) is 26.5. The number of thiophene rings is 1. The first-order valence-corrected chi connectivity index (χ1v) is 19.4. The quantitative estimate of drug-likeness (QED) is 0.182. The molecular weight excluding hydrogens is 673 g/mol. The molecule has 0 aliphatic heterocycles. The lowest BCUT2D eigenvalue weighted by molar-refractivity contribution is 0.661. The molecule has 1 aliphatic rings. The van der Waals surface area contributed by atoms with Crippen molar-refractivity contribution < 1.29 is 0 Å². The molecule has 0 bridgehead atoms. The highest BCUT2D eigenvalue weighted by molar-refractivity contribution is 7.25. The normalized spacial score (nSPS) is 13.1. The van der Waals surface area contributed by atoms with Crippen LogP contribution in [0.15, 0.2) is 170 Å². The number of benzene rings is 8. The maximum absolute atomic E-state index is 5.28. The van der Waals surface area contributed by atoms with Crippen molar-refractivity contribution in [3.05, 3.63) is 181 Å². The zero-order chi connectivity index (χ0) is 36.0. The van der Waals surface area contributed by atoms with E-state index in [4.69, 9.17) is 9.97 Å². The Labute approximate surface area is 318 Å². The zero-order valence-electron chi connectivity index (χ0n) is 30.0. The number of nitrogens with zero attached hydrogens (tertiary/aromatic N) is 2. The fourth-order valence-corrected chi connectivity index (χ4v) is 9.93. The smallest absolute Gasteiger partial charge is 0.160 e. The molecule has 2 heterocycles. The van der Waals surface area contributed by atoms with Crippen LogP contribution in [0.25, 0.3) is 97.9 Å². The fraction of sp³-hybridized carbons (Fsp3) is 0.0588. The molecule has 2 nitrogen and oxygen atoms in total. The summed E-state index contributed by atoms with van der Waals surface area (Å²) in [7, 11) is 0. The lowest BCUT2D eigenvalue weighted by atomic mass is 9.81. The Morgan fingerprint density at radius 2 is 1.07 bits per heavy atom. The topological polar surface area (TPSA) is 25.8 Å². The van der Waals surface area contributed by atoms with Crippen LogP contribution in [-0.4, -0.2) is 9.97 Å². The summed E-state index contributed by atoms with van der Waals surface area (Å²) >= 11 is 1.83. The molecule has 254 valence electrons. The largest absolute Gasteiger partial charge is 0.228 e. The second kappa shape index (κ2) is 11.8. The standard InChI is InChI=1S/C51H34N2S/c1-51(2)43-21-12-20-41(49(43)42-27-32-15-6-7-16-33(32)28-44(42)51)37-25-26-38(36-18-9-8-17-35(36)37)46-30-45(52-50(53-46)31-13-4-3-5-14-31)34-23-24-40-39-19-10-11-22-47(39)54-48(40)29-34/h3-30H,1-2H3. The van der Waals surface area contributed by atoms with Gasteiger partial charge in [0.2, 0.25) is 0 Å². The highest BCUT2D eigenvalue weighted by Gasteiger charge is 2.37. The third-order valence-electron chi connectivity index (χ3n) is 11.5. The van der Waals surface area contributed by atoms with E-state index < -0.39 is 0 Å². The number of aromatic nitrogens is 2. The van der Waals surface area contributed by atoms with Gasteiger partial charge in [-0.2, -0.15) is 0 Å². The van der Waals surface area contributed by atoms with Crippen LogP contribution in [0, 0.1) is 0 Å². The van der Waals surface area contributed by atoms with Crippen molar-refractivity contribution in [3.8, 4) is 56.2 Å². The Bertz CT molecular complexity index is 3130. The summed E-state index contributed by atoms with van der Waals surface area (Å²) in [4.78, 5) is 10.5. The van der Waals surface area contributed by atoms with Gasteiger partial charge in [0.25, 0.3) is 0 Å². The fourth-order valence-electron chi connectivity index (χ4n) is 8.79. The zero-order valence-corrected chi connectivity index (χ0v) is 30.8. The molecule has 0 amide bonds. The van der Waals surface area contributed by atoms with E-state index in [1.807, 2.05) is 17.4 Å². The third-order valence-corrected chi connectivity index (χ3v) is 12.6. The van der Waals surface area contributed by atoms with Crippen molar-refractivity contribution in [2.75, 3.05) is 0 Å². The molecule has 0 fully saturated rings. The van der Waals surface area contributed by atoms with Crippen LogP contribution in [0.3, 0.4) is 0 Å². The lowest BCUT2D eigenvalue weighted by Crippen LogP contribution is -2.14. The second-order valence-electron chi connectivity index (χ2n) is 14.9. The maximum atomic E-state index is 5.28. The molecule has 0 unspecified atom stereocenters. The molecule has 0 N–H and O–H groups in total. The highest BCUT2D eigenvalue weighted by Crippen LogP contribution is 2.54. The van der Waals surface area contributed by atoms with Gasteiger partial charge < -0.3 is 0 Å². The molecule has 54 heavy (non-hydrogen) atoms. The van der Waals surface area contributed by atoms with Crippen molar-refractivity contribution >= 4 is 53.1 Å². The molecule has 11 rings (SSSR count). The minimum atomic E-state index is -0.107. The monoisotopic (exact) mass is 706 g/mol. The third kappa shape index (κ3) is 4.72. The van der Waals surface area contributed by atoms with Crippen LogP contribution in [0.4, 0.5) is 0 Å². The maximum Gasteiger partial charge on any atom is 0.160 e. The predicted octanol–water partition coefficient (Wildman–Crippen LogP) is 14.1. The molecular formula is C51H34N2S. The van der Waals surface area contributed by atoms with Gasteiger partial charge in [0.1, 0.15) is 0 Å². The molecule has 3 heteroatoms. The first-order valence-electron chi connectivity index (χ1n) is 18.6. The van der Waals surface area contributed by atoms with Gasteiger partial charge in [-0.1, -0.05) is 153 Å². The Balaban J connectivity index is 1.11. The van der Waals surface area contributed by atoms with Gasteiger partial charge in [-0.3, -0.25) is 0 Å². The molecule has 0 saturated heterocycles. The summed E-state index contributed by atoms with van der Waals surface area (Å²) in [5.41, 5.74) is 12.8. The van der Waals surface area contributed by atoms with Crippen molar-refractivity contribution in [2.24, 2.45) is 0 Å². The van der Waals surface area contributed by atoms with Gasteiger partial charge in [0.05, 0.1) is 11.4 Å². The van der Waals surface area contributed by atoms with E-state index in [1.165, 1.54) is 75.1 Å². The van der Waals surface area contributed by atoms with Crippen LogP contribution in [0.5, 0.6) is 0 Å². The van der Waals surface area contributed by atoms with Crippen molar-refractivity contribution in [1.29, 1.82) is 0 Å². The van der Waals surface area contributed by atoms with Gasteiger partial charge in [-0.25, -0.2) is 9.97 Å². The minimum absolute atomic E-state index is 0.107. The molecule has 1 aliphatic carbocycles. The van der Waals surface area contributed by atoms with Crippen molar-refractivity contribution in [1.82, 2.24) is 9.97 Å². The van der Waals surface area contributed by atoms with Gasteiger partial charge in [0, 0.05) is 42.3 Å². The molecule has 0 spiro atoms. The van der Waals surface area contributed by atoms with E-state index in [9.17, 15) is 0 Å². The van der Waals surface area contributed by atoms with Crippen LogP contribution < -0.4 is 0 Å². The Morgan fingerprint density at radius 1 is 0.407 bits per heavy atom. The van der Waals surface area contributed by atoms with Crippen molar-refractivity contribution in [3.63, 3.8) is 0 Å². The van der Waals surface area contributed by atoms with Gasteiger partial charge >= 0.3 is 0 Å². The highest BCUT2D eigenvalue weighted by atomic mass is 32.1. The van der Waals surface area contributed by atoms with E-state index in [0.29, 0.717) is 0 Å². The Kier molecular flexibility index (Phi) is 6.80. The van der Waals surface area contributed by atoms with Crippen LogP contribution in [0.2, 0.25) is 0 Å². The summed E-state index contributed by atoms with van der Waals surface area (Å²) in [6, 6.07) is 61.7. The molecule has 10 aromatic rings. The van der Waals surface area contributed by atoms with E-state index >= 15 is 0 Å². The van der Waals surface area contributed by atoms with E-state index in [2.05, 4.69) is 178 Å². The Morgan fingerprint density at radius 3 is 1.91 bits per heavy atom. The summed E-state index contributed by atoms with van der Waals surface area (Å²) in [6.45, 7) is 4.74. The number of hydrogen-bond donors (Lipinski definition) is 0. The summed E-state index contributed by atoms with van der Waals surface area (Å²) in [6.07, 6.45) is 0. The van der Waals surface area contributed by atoms with E-state index in [-0.39, 0.29) is 5.41 Å². The number of hydrogen-bond acceptors (Lipinski definition) is 3. The minimum Gasteiger partial charge on any atom is -0.228 e. The predicted molar refractivity (Wildman–Crippen MR) is 229 cm³/mol. The molecule has 0 radical (unpaired) electrons.